The van der Waals surface area contributed by atoms with Crippen LogP contribution in [0.3, 0.4) is 0 Å². The molecule has 9 heterocycles. The molecule has 0 N–H and O–H groups in total. The summed E-state index contributed by atoms with van der Waals surface area (Å²) in [5, 5.41) is 0. The smallest absolute Gasteiger partial charge is 0.0822 e. The number of rotatable bonds is 4. The molecule has 5 aliphatic rings. The molecule has 0 spiro atoms. The monoisotopic (exact) mass is 616 g/mol. The van der Waals surface area contributed by atoms with E-state index in [0.29, 0.717) is 0 Å². The van der Waals surface area contributed by atoms with Gasteiger partial charge < -0.3 is 0 Å². The maximum Gasteiger partial charge on any atom is 0.0822 e. The minimum Gasteiger partial charge on any atom is -0.265 e. The largest absolute Gasteiger partial charge is 0.265 e. The first-order valence-electron chi connectivity index (χ1n) is 15.5. The predicted octanol–water partition coefficient (Wildman–Crippen LogP) is 7.27. The Kier molecular flexibility index (Phi) is 6.61. The van der Waals surface area contributed by atoms with Crippen molar-refractivity contribution in [3.05, 3.63) is 192 Å². The first-order chi connectivity index (χ1) is 23.8. The fraction of sp³-hybridized carbons (Fsp3) is 0. The highest BCUT2D eigenvalue weighted by molar-refractivity contribution is 6.50. The molecule has 4 aromatic heterocycles. The van der Waals surface area contributed by atoms with Crippen LogP contribution in [-0.2, 0) is 0 Å². The first-order valence-corrected chi connectivity index (χ1v) is 15.5. The second-order valence-electron chi connectivity index (χ2n) is 11.4. The van der Waals surface area contributed by atoms with Gasteiger partial charge in [0.15, 0.2) is 0 Å². The maximum absolute atomic E-state index is 5.48. The van der Waals surface area contributed by atoms with E-state index in [1.165, 1.54) is 0 Å². The lowest BCUT2D eigenvalue weighted by Gasteiger charge is -2.17. The van der Waals surface area contributed by atoms with Crippen molar-refractivity contribution in [3.8, 4) is 0 Å². The lowest BCUT2D eigenvalue weighted by molar-refractivity contribution is 1.30. The van der Waals surface area contributed by atoms with Crippen molar-refractivity contribution in [2.75, 3.05) is 0 Å². The molecule has 0 aliphatic carbocycles. The van der Waals surface area contributed by atoms with E-state index in [0.717, 1.165) is 90.2 Å². The Hall–Kier alpha value is -6.80. The van der Waals surface area contributed by atoms with Crippen LogP contribution in [0.2, 0.25) is 0 Å². The average Bonchev–Trinajstić information content (AvgIpc) is 3.94. The van der Waals surface area contributed by atoms with Gasteiger partial charge in [0.1, 0.15) is 0 Å². The number of aromatic nitrogens is 4. The Morgan fingerprint density at radius 2 is 0.833 bits per heavy atom. The molecule has 48 heavy (non-hydrogen) atoms. The van der Waals surface area contributed by atoms with Crippen LogP contribution >= 0.6 is 0 Å². The molecule has 5 aliphatic heterocycles. The van der Waals surface area contributed by atoms with Gasteiger partial charge in [0.25, 0.3) is 0 Å². The lowest BCUT2D eigenvalue weighted by Crippen LogP contribution is -2.07. The normalized spacial score (nSPS) is 17.8. The van der Waals surface area contributed by atoms with Gasteiger partial charge in [-0.05, 0) is 119 Å². The quantitative estimate of drug-likeness (QED) is 0.241. The minimum absolute atomic E-state index is 0.781. The van der Waals surface area contributed by atoms with Crippen molar-refractivity contribution >= 4 is 45.1 Å². The number of hydrogen-bond donors (Lipinski definition) is 0. The van der Waals surface area contributed by atoms with Crippen LogP contribution in [0.5, 0.6) is 0 Å². The summed E-state index contributed by atoms with van der Waals surface area (Å²) in [5.41, 5.74) is 14.0. The summed E-state index contributed by atoms with van der Waals surface area (Å²) >= 11 is 0. The number of fused-ring (bicyclic) bond motifs is 4. The molecular weight excluding hydrogens is 592 g/mol. The van der Waals surface area contributed by atoms with Gasteiger partial charge in [-0.25, -0.2) is 20.0 Å². The van der Waals surface area contributed by atoms with E-state index >= 15 is 0 Å². The highest BCUT2D eigenvalue weighted by Gasteiger charge is 2.33. The van der Waals surface area contributed by atoms with Gasteiger partial charge in [0.2, 0.25) is 0 Å². The number of pyridine rings is 4. The van der Waals surface area contributed by atoms with E-state index in [-0.39, 0.29) is 0 Å². The third-order valence-corrected chi connectivity index (χ3v) is 8.38. The highest BCUT2D eigenvalue weighted by Crippen LogP contribution is 2.46. The van der Waals surface area contributed by atoms with E-state index in [1.807, 2.05) is 116 Å². The zero-order valence-corrected chi connectivity index (χ0v) is 25.4. The molecule has 224 valence electrons. The molecule has 8 bridgehead atoms. The third kappa shape index (κ3) is 4.98. The Labute approximate surface area is 276 Å². The fourth-order valence-electron chi connectivity index (χ4n) is 6.29. The van der Waals surface area contributed by atoms with E-state index in [2.05, 4.69) is 26.0 Å². The summed E-state index contributed by atoms with van der Waals surface area (Å²) in [7, 11) is 0. The minimum atomic E-state index is 0.781. The van der Waals surface area contributed by atoms with Gasteiger partial charge in [0, 0.05) is 71.9 Å². The summed E-state index contributed by atoms with van der Waals surface area (Å²) in [6.45, 7) is 0. The summed E-state index contributed by atoms with van der Waals surface area (Å²) in [4.78, 5) is 37.9. The number of allylic oxidation sites excluding steroid dienone is 12. The third-order valence-electron chi connectivity index (χ3n) is 8.38. The van der Waals surface area contributed by atoms with Crippen molar-refractivity contribution in [2.24, 2.45) is 20.0 Å². The standard InChI is InChI=1S/C40H24N8/c1-2-31-22-33-23-34(25-5-13-41-14-6-25)39(47-33)38(28-11-19-44-20-12-28)40-37(27-9-17-43-18-10-27)36(26-7-15-42-16-8-26)35(48-40)24-32-4-3-30(46-32)21-29(1)45-31/h1-24H. The fourth-order valence-corrected chi connectivity index (χ4v) is 6.29. The van der Waals surface area contributed by atoms with Gasteiger partial charge in [-0.15, -0.1) is 0 Å². The van der Waals surface area contributed by atoms with Crippen LogP contribution in [0, 0.1) is 0 Å². The molecule has 0 unspecified atom stereocenters. The second-order valence-corrected chi connectivity index (χ2v) is 11.4. The van der Waals surface area contributed by atoms with Crippen LogP contribution in [0.4, 0.5) is 0 Å². The second kappa shape index (κ2) is 11.5. The summed E-state index contributed by atoms with van der Waals surface area (Å²) < 4.78 is 0. The van der Waals surface area contributed by atoms with Gasteiger partial charge in [-0.2, -0.15) is 0 Å². The van der Waals surface area contributed by atoms with Crippen molar-refractivity contribution in [3.63, 3.8) is 0 Å². The van der Waals surface area contributed by atoms with Crippen molar-refractivity contribution < 1.29 is 0 Å². The van der Waals surface area contributed by atoms with E-state index in [9.17, 15) is 0 Å². The average molecular weight is 617 g/mol. The molecule has 0 fully saturated rings. The summed E-state index contributed by atoms with van der Waals surface area (Å²) in [6.07, 6.45) is 30.6. The molecular formula is C40H24N8. The molecule has 0 aromatic carbocycles. The zero-order valence-electron chi connectivity index (χ0n) is 25.4. The van der Waals surface area contributed by atoms with Gasteiger partial charge >= 0.3 is 0 Å². The van der Waals surface area contributed by atoms with Crippen molar-refractivity contribution in [1.29, 1.82) is 0 Å². The highest BCUT2D eigenvalue weighted by atomic mass is 14.9. The Morgan fingerprint density at radius 1 is 0.354 bits per heavy atom. The Balaban J connectivity index is 1.43. The summed E-state index contributed by atoms with van der Waals surface area (Å²) in [6, 6.07) is 16.1. The van der Waals surface area contributed by atoms with Gasteiger partial charge in [-0.3, -0.25) is 19.9 Å². The molecule has 0 atom stereocenters. The Morgan fingerprint density at radius 3 is 1.42 bits per heavy atom. The molecule has 0 amide bonds. The summed E-state index contributed by atoms with van der Waals surface area (Å²) in [5.74, 6) is 0. The molecule has 9 rings (SSSR count). The van der Waals surface area contributed by atoms with E-state index in [1.54, 1.807) is 24.8 Å². The van der Waals surface area contributed by atoms with E-state index in [4.69, 9.17) is 20.0 Å². The topological polar surface area (TPSA) is 101 Å². The predicted molar refractivity (Wildman–Crippen MR) is 191 cm³/mol. The van der Waals surface area contributed by atoms with E-state index < -0.39 is 0 Å². The number of hydrogen-bond acceptors (Lipinski definition) is 8. The molecule has 4 aromatic rings. The molecule has 8 nitrogen and oxygen atoms in total. The Bertz CT molecular complexity index is 2380. The first kappa shape index (κ1) is 27.5. The molecule has 0 saturated heterocycles. The molecule has 0 radical (unpaired) electrons. The van der Waals surface area contributed by atoms with Crippen LogP contribution in [0.1, 0.15) is 22.3 Å². The van der Waals surface area contributed by atoms with Crippen LogP contribution in [0.15, 0.2) is 189 Å². The number of nitrogens with zero attached hydrogens (tertiary/aromatic N) is 8. The van der Waals surface area contributed by atoms with Crippen LogP contribution in [-0.4, -0.2) is 42.8 Å². The SMILES string of the molecule is C1=CC2=NC1=CC1=NC(=C(c3ccncc3)C3=NC(=CC4=NC(=C2)C=C4)C=C3c2ccncc2)C(c2ccncc2)=C1c1ccncc1. The van der Waals surface area contributed by atoms with Crippen LogP contribution in [0.25, 0.3) is 22.3 Å². The zero-order chi connectivity index (χ0) is 31.9. The number of aliphatic imine (C=N–C) groups is 4. The van der Waals surface area contributed by atoms with Gasteiger partial charge in [-0.1, -0.05) is 0 Å². The van der Waals surface area contributed by atoms with Crippen LogP contribution < -0.4 is 0 Å². The van der Waals surface area contributed by atoms with Crippen molar-refractivity contribution in [1.82, 2.24) is 19.9 Å². The molecule has 0 saturated carbocycles. The maximum atomic E-state index is 5.48. The van der Waals surface area contributed by atoms with Crippen molar-refractivity contribution in [2.45, 2.75) is 0 Å². The van der Waals surface area contributed by atoms with Gasteiger partial charge in [0.05, 0.1) is 45.6 Å². The lowest BCUT2D eigenvalue weighted by atomic mass is 9.86. The molecule has 8 heteroatoms.